The van der Waals surface area contributed by atoms with Crippen LogP contribution in [0.2, 0.25) is 5.02 Å². The summed E-state index contributed by atoms with van der Waals surface area (Å²) in [4.78, 5) is 10.4. The van der Waals surface area contributed by atoms with Crippen molar-refractivity contribution < 1.29 is 22.7 Å². The maximum atomic E-state index is 11.7. The summed E-state index contributed by atoms with van der Waals surface area (Å²) in [6, 6.07) is 5.15. The highest BCUT2D eigenvalue weighted by Crippen LogP contribution is 2.22. The van der Waals surface area contributed by atoms with Gasteiger partial charge in [0.25, 0.3) is 0 Å². The lowest BCUT2D eigenvalue weighted by Gasteiger charge is -2.06. The van der Waals surface area contributed by atoms with E-state index in [1.807, 2.05) is 0 Å². The van der Waals surface area contributed by atoms with Gasteiger partial charge in [0.15, 0.2) is 0 Å². The molecule has 0 aromatic heterocycles. The van der Waals surface area contributed by atoms with Gasteiger partial charge in [0.2, 0.25) is 0 Å². The fourth-order valence-corrected chi connectivity index (χ4v) is 0.876. The summed E-state index contributed by atoms with van der Waals surface area (Å²) in [5, 5.41) is 0.192. The third kappa shape index (κ3) is 2.92. The van der Waals surface area contributed by atoms with Crippen LogP contribution in [0.4, 0.5) is 13.2 Å². The number of hydrogen-bond acceptors (Lipinski definition) is 2. The van der Waals surface area contributed by atoms with Crippen molar-refractivity contribution in [2.45, 2.75) is 6.18 Å². The molecule has 76 valence electrons. The second-order valence-corrected chi connectivity index (χ2v) is 2.78. The Bertz CT molecular complexity index is 349. The van der Waals surface area contributed by atoms with Gasteiger partial charge in [-0.25, -0.2) is 4.79 Å². The number of alkyl halides is 3. The number of carbonyl (C=O) groups is 1. The Morgan fingerprint density at radius 3 is 2.50 bits per heavy atom. The van der Waals surface area contributed by atoms with Crippen molar-refractivity contribution in [1.29, 1.82) is 0 Å². The first-order valence-corrected chi connectivity index (χ1v) is 3.82. The topological polar surface area (TPSA) is 26.3 Å². The van der Waals surface area contributed by atoms with Crippen molar-refractivity contribution in [2.75, 3.05) is 0 Å². The average molecular weight is 225 g/mol. The SMILES string of the molecule is O=C(Oc1cccc(Cl)c1)C(F)(F)F. The quantitative estimate of drug-likeness (QED) is 0.542. The smallest absolute Gasteiger partial charge is 0.420 e. The summed E-state index contributed by atoms with van der Waals surface area (Å²) in [6.07, 6.45) is -5.00. The van der Waals surface area contributed by atoms with E-state index in [4.69, 9.17) is 11.6 Å². The van der Waals surface area contributed by atoms with Crippen LogP contribution in [0.15, 0.2) is 24.3 Å². The van der Waals surface area contributed by atoms with Crippen molar-refractivity contribution >= 4 is 17.6 Å². The highest BCUT2D eigenvalue weighted by Gasteiger charge is 2.41. The molecule has 2 nitrogen and oxygen atoms in total. The van der Waals surface area contributed by atoms with Gasteiger partial charge in [-0.3, -0.25) is 0 Å². The molecule has 1 rings (SSSR count). The molecular formula is C8H4ClF3O2. The van der Waals surface area contributed by atoms with Crippen LogP contribution in [0.1, 0.15) is 0 Å². The number of ether oxygens (including phenoxy) is 1. The van der Waals surface area contributed by atoms with Crippen LogP contribution in [0, 0.1) is 0 Å². The second-order valence-electron chi connectivity index (χ2n) is 2.34. The van der Waals surface area contributed by atoms with Crippen LogP contribution >= 0.6 is 11.6 Å². The number of benzene rings is 1. The summed E-state index contributed by atoms with van der Waals surface area (Å²) in [6.45, 7) is 0. The number of halogens is 4. The zero-order valence-electron chi connectivity index (χ0n) is 6.64. The normalized spacial score (nSPS) is 11.1. The molecule has 0 spiro atoms. The van der Waals surface area contributed by atoms with E-state index in [1.54, 1.807) is 0 Å². The molecule has 0 bridgehead atoms. The third-order valence-corrected chi connectivity index (χ3v) is 1.47. The van der Waals surface area contributed by atoms with Crippen LogP contribution in [0.3, 0.4) is 0 Å². The summed E-state index contributed by atoms with van der Waals surface area (Å²) in [5.74, 6) is -2.50. The van der Waals surface area contributed by atoms with Crippen LogP contribution in [-0.4, -0.2) is 12.1 Å². The Labute approximate surface area is 82.2 Å². The van der Waals surface area contributed by atoms with Gasteiger partial charge in [0.05, 0.1) is 0 Å². The largest absolute Gasteiger partial charge is 0.491 e. The molecule has 6 heteroatoms. The Morgan fingerprint density at radius 2 is 2.00 bits per heavy atom. The highest BCUT2D eigenvalue weighted by atomic mass is 35.5. The molecule has 0 heterocycles. The molecule has 0 fully saturated rings. The summed E-state index contributed by atoms with van der Waals surface area (Å²) < 4.78 is 39.2. The molecule has 0 aliphatic carbocycles. The molecule has 0 aliphatic heterocycles. The fraction of sp³-hybridized carbons (Fsp3) is 0.125. The van der Waals surface area contributed by atoms with Gasteiger partial charge in [0.1, 0.15) is 5.75 Å². The zero-order chi connectivity index (χ0) is 10.8. The van der Waals surface area contributed by atoms with Crippen molar-refractivity contribution in [2.24, 2.45) is 0 Å². The second kappa shape index (κ2) is 3.88. The summed E-state index contributed by atoms with van der Waals surface area (Å²) >= 11 is 5.47. The van der Waals surface area contributed by atoms with Crippen molar-refractivity contribution in [3.63, 3.8) is 0 Å². The van der Waals surface area contributed by atoms with Gasteiger partial charge >= 0.3 is 12.1 Å². The molecule has 1 aromatic carbocycles. The Kier molecular flexibility index (Phi) is 3.00. The monoisotopic (exact) mass is 224 g/mol. The minimum Gasteiger partial charge on any atom is -0.420 e. The lowest BCUT2D eigenvalue weighted by molar-refractivity contribution is -0.189. The number of esters is 1. The molecule has 0 saturated heterocycles. The minimum atomic E-state index is -5.00. The van der Waals surface area contributed by atoms with Crippen LogP contribution in [-0.2, 0) is 4.79 Å². The van der Waals surface area contributed by atoms with Crippen LogP contribution in [0.25, 0.3) is 0 Å². The lowest BCUT2D eigenvalue weighted by atomic mass is 10.3. The van der Waals surface area contributed by atoms with E-state index >= 15 is 0 Å². The van der Waals surface area contributed by atoms with Crippen LogP contribution in [0.5, 0.6) is 5.75 Å². The zero-order valence-corrected chi connectivity index (χ0v) is 7.39. The van der Waals surface area contributed by atoms with Crippen molar-refractivity contribution in [1.82, 2.24) is 0 Å². The summed E-state index contributed by atoms with van der Waals surface area (Å²) in [7, 11) is 0. The van der Waals surface area contributed by atoms with E-state index in [-0.39, 0.29) is 10.8 Å². The molecule has 0 unspecified atom stereocenters. The minimum absolute atomic E-state index is 0.192. The van der Waals surface area contributed by atoms with Crippen molar-refractivity contribution in [3.8, 4) is 5.75 Å². The molecule has 0 saturated carbocycles. The van der Waals surface area contributed by atoms with Gasteiger partial charge < -0.3 is 4.74 Å². The fourth-order valence-electron chi connectivity index (χ4n) is 0.695. The maximum absolute atomic E-state index is 11.7. The van der Waals surface area contributed by atoms with E-state index in [0.29, 0.717) is 0 Å². The summed E-state index contributed by atoms with van der Waals surface area (Å²) in [5.41, 5.74) is 0. The average Bonchev–Trinajstić information content (AvgIpc) is 2.02. The van der Waals surface area contributed by atoms with Gasteiger partial charge in [-0.15, -0.1) is 0 Å². The van der Waals surface area contributed by atoms with Crippen LogP contribution < -0.4 is 4.74 Å². The molecule has 0 amide bonds. The van der Waals surface area contributed by atoms with Gasteiger partial charge in [-0.2, -0.15) is 13.2 Å². The van der Waals surface area contributed by atoms with E-state index in [2.05, 4.69) is 4.74 Å². The Morgan fingerprint density at radius 1 is 1.36 bits per heavy atom. The van der Waals surface area contributed by atoms with E-state index in [1.165, 1.54) is 18.2 Å². The molecule has 14 heavy (non-hydrogen) atoms. The van der Waals surface area contributed by atoms with E-state index in [0.717, 1.165) is 6.07 Å². The third-order valence-electron chi connectivity index (χ3n) is 1.24. The number of carbonyl (C=O) groups excluding carboxylic acids is 1. The molecular weight excluding hydrogens is 221 g/mol. The van der Waals surface area contributed by atoms with Gasteiger partial charge in [-0.05, 0) is 18.2 Å². The molecule has 0 aliphatic rings. The predicted octanol–water partition coefficient (Wildman–Crippen LogP) is 2.81. The predicted molar refractivity (Wildman–Crippen MR) is 43.1 cm³/mol. The highest BCUT2D eigenvalue weighted by molar-refractivity contribution is 6.30. The standard InChI is InChI=1S/C8H4ClF3O2/c9-5-2-1-3-6(4-5)14-7(13)8(10,11)12/h1-4H. The van der Waals surface area contributed by atoms with Gasteiger partial charge in [0, 0.05) is 5.02 Å². The lowest BCUT2D eigenvalue weighted by Crippen LogP contribution is -2.27. The molecule has 0 radical (unpaired) electrons. The molecule has 1 aromatic rings. The Balaban J connectivity index is 2.75. The molecule has 0 atom stereocenters. The first kappa shape index (κ1) is 10.8. The maximum Gasteiger partial charge on any atom is 0.491 e. The number of hydrogen-bond donors (Lipinski definition) is 0. The van der Waals surface area contributed by atoms with Gasteiger partial charge in [-0.1, -0.05) is 17.7 Å². The Hall–Kier alpha value is -1.23. The van der Waals surface area contributed by atoms with E-state index < -0.39 is 12.1 Å². The molecule has 0 N–H and O–H groups in total. The van der Waals surface area contributed by atoms with E-state index in [9.17, 15) is 18.0 Å². The first-order valence-electron chi connectivity index (χ1n) is 3.44. The number of rotatable bonds is 1. The van der Waals surface area contributed by atoms with Crippen molar-refractivity contribution in [3.05, 3.63) is 29.3 Å². The first-order chi connectivity index (χ1) is 6.39.